The van der Waals surface area contributed by atoms with Gasteiger partial charge in [-0.2, -0.15) is 5.10 Å². The van der Waals surface area contributed by atoms with E-state index in [-0.39, 0.29) is 12.5 Å². The highest BCUT2D eigenvalue weighted by atomic mass is 16.2. The van der Waals surface area contributed by atoms with Crippen LogP contribution < -0.4 is 5.73 Å². The standard InChI is InChI=1S/C15H17N5O/c1-11-17-14(19-18-11)10-20(2)15(21)13-8-4-3-6-12(13)7-5-9-16/h3-4,6,8H,9-10,16H2,1-2H3,(H,17,18,19). The first-order valence-electron chi connectivity index (χ1n) is 6.53. The van der Waals surface area contributed by atoms with E-state index in [2.05, 4.69) is 27.0 Å². The number of aromatic amines is 1. The maximum absolute atomic E-state index is 12.5. The summed E-state index contributed by atoms with van der Waals surface area (Å²) in [6.07, 6.45) is 0. The van der Waals surface area contributed by atoms with Crippen LogP contribution in [0.15, 0.2) is 24.3 Å². The largest absolute Gasteiger partial charge is 0.334 e. The Bertz CT molecular complexity index is 695. The van der Waals surface area contributed by atoms with E-state index in [1.54, 1.807) is 24.1 Å². The molecule has 1 heterocycles. The zero-order valence-corrected chi connectivity index (χ0v) is 12.1. The van der Waals surface area contributed by atoms with Gasteiger partial charge in [0, 0.05) is 12.6 Å². The number of hydrogen-bond donors (Lipinski definition) is 2. The molecule has 108 valence electrons. The van der Waals surface area contributed by atoms with Crippen LogP contribution in [0.25, 0.3) is 0 Å². The number of nitrogens with two attached hydrogens (primary N) is 1. The van der Waals surface area contributed by atoms with Gasteiger partial charge in [0.2, 0.25) is 0 Å². The Morgan fingerprint density at radius 2 is 2.19 bits per heavy atom. The third kappa shape index (κ3) is 3.68. The monoisotopic (exact) mass is 283 g/mol. The SMILES string of the molecule is Cc1nc(CN(C)C(=O)c2ccccc2C#CCN)n[nH]1. The van der Waals surface area contributed by atoms with E-state index in [0.717, 1.165) is 5.82 Å². The van der Waals surface area contributed by atoms with Gasteiger partial charge in [-0.25, -0.2) is 4.98 Å². The van der Waals surface area contributed by atoms with Gasteiger partial charge in [-0.1, -0.05) is 24.0 Å². The van der Waals surface area contributed by atoms with Gasteiger partial charge in [0.15, 0.2) is 5.82 Å². The Morgan fingerprint density at radius 3 is 2.86 bits per heavy atom. The average molecular weight is 283 g/mol. The molecule has 0 atom stereocenters. The van der Waals surface area contributed by atoms with Gasteiger partial charge < -0.3 is 10.6 Å². The topological polar surface area (TPSA) is 87.9 Å². The lowest BCUT2D eigenvalue weighted by molar-refractivity contribution is 0.0781. The minimum atomic E-state index is -0.126. The Balaban J connectivity index is 2.19. The molecule has 0 aliphatic heterocycles. The lowest BCUT2D eigenvalue weighted by Gasteiger charge is -2.16. The maximum atomic E-state index is 12.5. The van der Waals surface area contributed by atoms with Crippen molar-refractivity contribution in [3.8, 4) is 11.8 Å². The minimum Gasteiger partial charge on any atom is -0.334 e. The minimum absolute atomic E-state index is 0.126. The predicted octanol–water partition coefficient (Wildman–Crippen LogP) is 0.696. The van der Waals surface area contributed by atoms with Crippen molar-refractivity contribution in [1.82, 2.24) is 20.1 Å². The number of H-pyrrole nitrogens is 1. The van der Waals surface area contributed by atoms with Gasteiger partial charge >= 0.3 is 0 Å². The second kappa shape index (κ2) is 6.68. The normalized spacial score (nSPS) is 9.86. The van der Waals surface area contributed by atoms with Crippen LogP contribution >= 0.6 is 0 Å². The van der Waals surface area contributed by atoms with E-state index >= 15 is 0 Å². The number of hydrogen-bond acceptors (Lipinski definition) is 4. The second-order valence-electron chi connectivity index (χ2n) is 4.55. The quantitative estimate of drug-likeness (QED) is 0.811. The van der Waals surface area contributed by atoms with Crippen LogP contribution in [-0.4, -0.2) is 39.6 Å². The van der Waals surface area contributed by atoms with E-state index < -0.39 is 0 Å². The highest BCUT2D eigenvalue weighted by Gasteiger charge is 2.16. The van der Waals surface area contributed by atoms with Gasteiger partial charge in [0.25, 0.3) is 5.91 Å². The molecule has 0 aliphatic carbocycles. The summed E-state index contributed by atoms with van der Waals surface area (Å²) in [5, 5.41) is 6.79. The van der Waals surface area contributed by atoms with Gasteiger partial charge in [-0.05, 0) is 19.1 Å². The predicted molar refractivity (Wildman–Crippen MR) is 79.3 cm³/mol. The molecule has 3 N–H and O–H groups in total. The molecule has 0 saturated heterocycles. The molecule has 0 aliphatic rings. The number of rotatable bonds is 3. The fraction of sp³-hybridized carbons (Fsp3) is 0.267. The lowest BCUT2D eigenvalue weighted by atomic mass is 10.1. The van der Waals surface area contributed by atoms with E-state index in [1.165, 1.54) is 0 Å². The summed E-state index contributed by atoms with van der Waals surface area (Å²) < 4.78 is 0. The highest BCUT2D eigenvalue weighted by molar-refractivity contribution is 5.96. The summed E-state index contributed by atoms with van der Waals surface area (Å²) in [4.78, 5) is 18.3. The van der Waals surface area contributed by atoms with Crippen molar-refractivity contribution in [1.29, 1.82) is 0 Å². The molecule has 0 bridgehead atoms. The lowest BCUT2D eigenvalue weighted by Crippen LogP contribution is -2.27. The summed E-state index contributed by atoms with van der Waals surface area (Å²) >= 11 is 0. The smallest absolute Gasteiger partial charge is 0.255 e. The first-order chi connectivity index (χ1) is 10.1. The summed E-state index contributed by atoms with van der Waals surface area (Å²) in [6.45, 7) is 2.41. The van der Waals surface area contributed by atoms with E-state index in [4.69, 9.17) is 5.73 Å². The van der Waals surface area contributed by atoms with Crippen molar-refractivity contribution in [3.05, 3.63) is 47.0 Å². The van der Waals surface area contributed by atoms with Crippen molar-refractivity contribution in [2.45, 2.75) is 13.5 Å². The van der Waals surface area contributed by atoms with Gasteiger partial charge in [-0.15, -0.1) is 0 Å². The molecule has 2 aromatic rings. The highest BCUT2D eigenvalue weighted by Crippen LogP contribution is 2.11. The maximum Gasteiger partial charge on any atom is 0.255 e. The average Bonchev–Trinajstić information content (AvgIpc) is 2.89. The summed E-state index contributed by atoms with van der Waals surface area (Å²) in [7, 11) is 1.71. The zero-order valence-electron chi connectivity index (χ0n) is 12.1. The van der Waals surface area contributed by atoms with E-state index in [1.807, 2.05) is 19.1 Å². The molecule has 0 unspecified atom stereocenters. The molecule has 21 heavy (non-hydrogen) atoms. The van der Waals surface area contributed by atoms with Crippen molar-refractivity contribution in [2.24, 2.45) is 5.73 Å². The molecular formula is C15H17N5O. The molecule has 1 aromatic carbocycles. The molecule has 1 amide bonds. The first kappa shape index (κ1) is 14.8. The van der Waals surface area contributed by atoms with Crippen molar-refractivity contribution in [2.75, 3.05) is 13.6 Å². The molecular weight excluding hydrogens is 266 g/mol. The van der Waals surface area contributed by atoms with Crippen LogP contribution in [0.1, 0.15) is 27.6 Å². The van der Waals surface area contributed by atoms with Crippen molar-refractivity contribution < 1.29 is 4.79 Å². The van der Waals surface area contributed by atoms with Gasteiger partial charge in [-0.3, -0.25) is 9.89 Å². The fourth-order valence-corrected chi connectivity index (χ4v) is 1.87. The van der Waals surface area contributed by atoms with Gasteiger partial charge in [0.05, 0.1) is 18.7 Å². The Hall–Kier alpha value is -2.65. The summed E-state index contributed by atoms with van der Waals surface area (Å²) in [6, 6.07) is 7.21. The first-order valence-corrected chi connectivity index (χ1v) is 6.53. The number of amides is 1. The Labute approximate surface area is 123 Å². The molecule has 1 aromatic heterocycles. The number of nitrogens with one attached hydrogen (secondary N) is 1. The van der Waals surface area contributed by atoms with Crippen LogP contribution in [0, 0.1) is 18.8 Å². The number of aromatic nitrogens is 3. The zero-order chi connectivity index (χ0) is 15.2. The summed E-state index contributed by atoms with van der Waals surface area (Å²) in [5.74, 6) is 6.86. The second-order valence-corrected chi connectivity index (χ2v) is 4.55. The number of carbonyl (C=O) groups excluding carboxylic acids is 1. The van der Waals surface area contributed by atoms with Crippen LogP contribution in [0.5, 0.6) is 0 Å². The van der Waals surface area contributed by atoms with E-state index in [0.29, 0.717) is 23.5 Å². The fourth-order valence-electron chi connectivity index (χ4n) is 1.87. The Kier molecular flexibility index (Phi) is 4.69. The van der Waals surface area contributed by atoms with Gasteiger partial charge in [0.1, 0.15) is 5.82 Å². The number of nitrogens with zero attached hydrogens (tertiary/aromatic N) is 3. The Morgan fingerprint density at radius 1 is 1.43 bits per heavy atom. The molecule has 0 radical (unpaired) electrons. The molecule has 6 heteroatoms. The molecule has 0 fully saturated rings. The number of benzene rings is 1. The summed E-state index contributed by atoms with van der Waals surface area (Å²) in [5.41, 5.74) is 6.60. The molecule has 6 nitrogen and oxygen atoms in total. The third-order valence-corrected chi connectivity index (χ3v) is 2.85. The van der Waals surface area contributed by atoms with Crippen LogP contribution in [0.4, 0.5) is 0 Å². The number of aryl methyl sites for hydroxylation is 1. The van der Waals surface area contributed by atoms with Crippen molar-refractivity contribution in [3.63, 3.8) is 0 Å². The van der Waals surface area contributed by atoms with E-state index in [9.17, 15) is 4.79 Å². The van der Waals surface area contributed by atoms with Crippen LogP contribution in [0.2, 0.25) is 0 Å². The van der Waals surface area contributed by atoms with Crippen LogP contribution in [0.3, 0.4) is 0 Å². The number of carbonyl (C=O) groups is 1. The van der Waals surface area contributed by atoms with Crippen molar-refractivity contribution >= 4 is 5.91 Å². The third-order valence-electron chi connectivity index (χ3n) is 2.85. The molecule has 2 rings (SSSR count). The molecule has 0 spiro atoms. The van der Waals surface area contributed by atoms with Crippen LogP contribution in [-0.2, 0) is 6.54 Å². The molecule has 0 saturated carbocycles.